The lowest BCUT2D eigenvalue weighted by Crippen LogP contribution is -2.41. The van der Waals surface area contributed by atoms with Gasteiger partial charge in [-0.1, -0.05) is 12.1 Å². The van der Waals surface area contributed by atoms with Gasteiger partial charge in [-0.3, -0.25) is 9.59 Å². The topological polar surface area (TPSA) is 108 Å². The first kappa shape index (κ1) is 18.2. The van der Waals surface area contributed by atoms with Gasteiger partial charge in [-0.05, 0) is 31.5 Å². The molecule has 1 rings (SSSR count). The van der Waals surface area contributed by atoms with Crippen LogP contribution in [0.1, 0.15) is 23.7 Å². The highest BCUT2D eigenvalue weighted by atomic mass is 16.5. The maximum absolute atomic E-state index is 12.2. The third kappa shape index (κ3) is 6.21. The van der Waals surface area contributed by atoms with E-state index in [0.29, 0.717) is 5.75 Å². The van der Waals surface area contributed by atoms with Crippen LogP contribution < -0.4 is 15.8 Å². The molecular formula is C16H20N2O5. The molecule has 0 aromatic heterocycles. The van der Waals surface area contributed by atoms with Gasteiger partial charge >= 0.3 is 5.97 Å². The van der Waals surface area contributed by atoms with E-state index in [1.54, 1.807) is 25.1 Å². The Hall–Kier alpha value is -2.83. The van der Waals surface area contributed by atoms with E-state index in [0.717, 1.165) is 0 Å². The van der Waals surface area contributed by atoms with E-state index >= 15 is 0 Å². The Kier molecular flexibility index (Phi) is 7.32. The summed E-state index contributed by atoms with van der Waals surface area (Å²) in [5.74, 6) is -1.28. The molecule has 0 saturated carbocycles. The number of hydrogen-bond donors (Lipinski definition) is 2. The third-order valence-corrected chi connectivity index (χ3v) is 2.76. The summed E-state index contributed by atoms with van der Waals surface area (Å²) in [6.45, 7) is 5.18. The van der Waals surface area contributed by atoms with Crippen LogP contribution in [0.5, 0.6) is 5.75 Å². The summed E-state index contributed by atoms with van der Waals surface area (Å²) in [6, 6.07) is 5.39. The van der Waals surface area contributed by atoms with Crippen molar-refractivity contribution < 1.29 is 23.9 Å². The Morgan fingerprint density at radius 1 is 1.39 bits per heavy atom. The molecule has 124 valence electrons. The van der Waals surface area contributed by atoms with E-state index in [1.165, 1.54) is 12.1 Å². The molecule has 0 radical (unpaired) electrons. The van der Waals surface area contributed by atoms with Gasteiger partial charge in [0.25, 0.3) is 11.8 Å². The van der Waals surface area contributed by atoms with Crippen molar-refractivity contribution in [2.45, 2.75) is 19.4 Å². The minimum atomic E-state index is -0.810. The van der Waals surface area contributed by atoms with Crippen LogP contribution in [-0.4, -0.2) is 37.0 Å². The van der Waals surface area contributed by atoms with Crippen LogP contribution in [-0.2, 0) is 14.3 Å². The fourth-order valence-corrected chi connectivity index (χ4v) is 1.75. The Morgan fingerprint density at radius 3 is 2.74 bits per heavy atom. The quantitative estimate of drug-likeness (QED) is 0.516. The average molecular weight is 320 g/mol. The molecule has 3 N–H and O–H groups in total. The zero-order chi connectivity index (χ0) is 17.2. The molecule has 1 atom stereocenters. The van der Waals surface area contributed by atoms with Crippen molar-refractivity contribution in [3.05, 3.63) is 42.5 Å². The summed E-state index contributed by atoms with van der Waals surface area (Å²) < 4.78 is 10.0. The van der Waals surface area contributed by atoms with Crippen LogP contribution in [0.3, 0.4) is 0 Å². The standard InChI is InChI=1S/C16H20N2O5/c1-3-6-13(16(21)22-4-2)18-15(20)11-7-5-8-12(9-11)23-10-14(17)19/h3,5,7-9,13H,1,4,6,10H2,2H3,(H2,17,19)(H,18,20). The van der Waals surface area contributed by atoms with Crippen LogP contribution in [0.4, 0.5) is 0 Å². The molecule has 1 unspecified atom stereocenters. The molecular weight excluding hydrogens is 300 g/mol. The van der Waals surface area contributed by atoms with Crippen molar-refractivity contribution >= 4 is 17.8 Å². The van der Waals surface area contributed by atoms with Gasteiger partial charge in [-0.15, -0.1) is 6.58 Å². The molecule has 0 aliphatic heterocycles. The van der Waals surface area contributed by atoms with Crippen LogP contribution in [0, 0.1) is 0 Å². The van der Waals surface area contributed by atoms with Gasteiger partial charge in [-0.25, -0.2) is 4.79 Å². The minimum Gasteiger partial charge on any atom is -0.484 e. The first-order valence-electron chi connectivity index (χ1n) is 7.07. The summed E-state index contributed by atoms with van der Waals surface area (Å²) in [5.41, 5.74) is 5.28. The van der Waals surface area contributed by atoms with E-state index in [1.807, 2.05) is 0 Å². The SMILES string of the molecule is C=CCC(NC(=O)c1cccc(OCC(N)=O)c1)C(=O)OCC. The van der Waals surface area contributed by atoms with E-state index in [2.05, 4.69) is 11.9 Å². The molecule has 0 heterocycles. The summed E-state index contributed by atoms with van der Waals surface area (Å²) >= 11 is 0. The zero-order valence-corrected chi connectivity index (χ0v) is 12.9. The molecule has 0 fully saturated rings. The van der Waals surface area contributed by atoms with Crippen LogP contribution >= 0.6 is 0 Å². The predicted molar refractivity (Wildman–Crippen MR) is 83.8 cm³/mol. The number of carbonyl (C=O) groups excluding carboxylic acids is 3. The van der Waals surface area contributed by atoms with Crippen molar-refractivity contribution in [1.29, 1.82) is 0 Å². The smallest absolute Gasteiger partial charge is 0.328 e. The van der Waals surface area contributed by atoms with Crippen molar-refractivity contribution in [2.75, 3.05) is 13.2 Å². The Balaban J connectivity index is 2.78. The maximum atomic E-state index is 12.2. The van der Waals surface area contributed by atoms with Crippen molar-refractivity contribution in [3.63, 3.8) is 0 Å². The van der Waals surface area contributed by atoms with Gasteiger partial charge in [0.15, 0.2) is 6.61 Å². The Bertz CT molecular complexity index is 586. The number of rotatable bonds is 9. The number of nitrogens with one attached hydrogen (secondary N) is 1. The molecule has 1 aromatic carbocycles. The lowest BCUT2D eigenvalue weighted by atomic mass is 10.1. The Morgan fingerprint density at radius 2 is 2.13 bits per heavy atom. The second-order valence-corrected chi connectivity index (χ2v) is 4.59. The van der Waals surface area contributed by atoms with Gasteiger partial charge in [0.1, 0.15) is 11.8 Å². The van der Waals surface area contributed by atoms with E-state index in [9.17, 15) is 14.4 Å². The highest BCUT2D eigenvalue weighted by molar-refractivity contribution is 5.97. The first-order valence-corrected chi connectivity index (χ1v) is 7.07. The monoisotopic (exact) mass is 320 g/mol. The van der Waals surface area contributed by atoms with Gasteiger partial charge < -0.3 is 20.5 Å². The molecule has 0 bridgehead atoms. The van der Waals surface area contributed by atoms with Crippen molar-refractivity contribution in [3.8, 4) is 5.75 Å². The number of amides is 2. The predicted octanol–water partition coefficient (Wildman–Crippen LogP) is 0.788. The molecule has 0 aliphatic carbocycles. The van der Waals surface area contributed by atoms with E-state index < -0.39 is 23.8 Å². The number of primary amides is 1. The number of nitrogens with two attached hydrogens (primary N) is 1. The van der Waals surface area contributed by atoms with Crippen LogP contribution in [0.25, 0.3) is 0 Å². The molecule has 0 saturated heterocycles. The second kappa shape index (κ2) is 9.24. The largest absolute Gasteiger partial charge is 0.484 e. The summed E-state index contributed by atoms with van der Waals surface area (Å²) in [6.07, 6.45) is 1.77. The van der Waals surface area contributed by atoms with Gasteiger partial charge in [0.2, 0.25) is 0 Å². The Labute approximate surface area is 134 Å². The molecule has 23 heavy (non-hydrogen) atoms. The molecule has 0 aliphatic rings. The molecule has 7 nitrogen and oxygen atoms in total. The summed E-state index contributed by atoms with van der Waals surface area (Å²) in [4.78, 5) is 34.7. The number of carbonyl (C=O) groups is 3. The molecule has 7 heteroatoms. The summed E-state index contributed by atoms with van der Waals surface area (Å²) in [5, 5.41) is 2.58. The molecule has 0 spiro atoms. The zero-order valence-electron chi connectivity index (χ0n) is 12.9. The van der Waals surface area contributed by atoms with Crippen LogP contribution in [0.2, 0.25) is 0 Å². The second-order valence-electron chi connectivity index (χ2n) is 4.59. The third-order valence-electron chi connectivity index (χ3n) is 2.76. The van der Waals surface area contributed by atoms with Gasteiger partial charge in [0, 0.05) is 5.56 Å². The lowest BCUT2D eigenvalue weighted by molar-refractivity contribution is -0.145. The fourth-order valence-electron chi connectivity index (χ4n) is 1.75. The maximum Gasteiger partial charge on any atom is 0.328 e. The number of benzene rings is 1. The first-order chi connectivity index (χ1) is 11.0. The van der Waals surface area contributed by atoms with Crippen molar-refractivity contribution in [1.82, 2.24) is 5.32 Å². The minimum absolute atomic E-state index is 0.221. The highest BCUT2D eigenvalue weighted by Crippen LogP contribution is 2.13. The summed E-state index contributed by atoms with van der Waals surface area (Å²) in [7, 11) is 0. The van der Waals surface area contributed by atoms with Gasteiger partial charge in [0.05, 0.1) is 6.61 Å². The molecule has 2 amide bonds. The molecule has 1 aromatic rings. The van der Waals surface area contributed by atoms with E-state index in [-0.39, 0.29) is 25.2 Å². The van der Waals surface area contributed by atoms with E-state index in [4.69, 9.17) is 15.2 Å². The normalized spacial score (nSPS) is 11.2. The highest BCUT2D eigenvalue weighted by Gasteiger charge is 2.21. The van der Waals surface area contributed by atoms with Gasteiger partial charge in [-0.2, -0.15) is 0 Å². The van der Waals surface area contributed by atoms with Crippen molar-refractivity contribution in [2.24, 2.45) is 5.73 Å². The number of ether oxygens (including phenoxy) is 2. The fraction of sp³-hybridized carbons (Fsp3) is 0.312. The van der Waals surface area contributed by atoms with Crippen LogP contribution in [0.15, 0.2) is 36.9 Å². The number of hydrogen-bond acceptors (Lipinski definition) is 5. The average Bonchev–Trinajstić information content (AvgIpc) is 2.53. The lowest BCUT2D eigenvalue weighted by Gasteiger charge is -2.16. The number of esters is 1.